The lowest BCUT2D eigenvalue weighted by Gasteiger charge is -2.19. The Morgan fingerprint density at radius 3 is 2.72 bits per heavy atom. The van der Waals surface area contributed by atoms with Crippen molar-refractivity contribution in [2.75, 3.05) is 5.73 Å². The Labute approximate surface area is 165 Å². The van der Waals surface area contributed by atoms with Crippen LogP contribution < -0.4 is 11.1 Å². The van der Waals surface area contributed by atoms with Crippen LogP contribution in [0.15, 0.2) is 71.0 Å². The number of aromatic nitrogens is 2. The van der Waals surface area contributed by atoms with Gasteiger partial charge in [0.2, 0.25) is 0 Å². The number of nitrogens with one attached hydrogen (secondary N) is 1. The molecule has 8 heteroatoms. The van der Waals surface area contributed by atoms with E-state index in [-0.39, 0.29) is 6.61 Å². The Hall–Kier alpha value is -3.52. The van der Waals surface area contributed by atoms with Gasteiger partial charge in [0.25, 0.3) is 0 Å². The summed E-state index contributed by atoms with van der Waals surface area (Å²) in [6.45, 7) is 0.0824. The molecule has 0 radical (unpaired) electrons. The molecule has 4 rings (SSSR count). The zero-order chi connectivity index (χ0) is 20.2. The van der Waals surface area contributed by atoms with Crippen LogP contribution in [-0.4, -0.2) is 16.4 Å². The third-order valence-electron chi connectivity index (χ3n) is 4.32. The Kier molecular flexibility index (Phi) is 5.35. The minimum absolute atomic E-state index is 0.0824. The maximum Gasteiger partial charge on any atom is 0.170 e. The number of ether oxygens (including phenoxy) is 1. The van der Waals surface area contributed by atoms with E-state index >= 15 is 0 Å². The van der Waals surface area contributed by atoms with Gasteiger partial charge in [0, 0.05) is 31.0 Å². The van der Waals surface area contributed by atoms with Gasteiger partial charge in [-0.2, -0.15) is 0 Å². The van der Waals surface area contributed by atoms with Gasteiger partial charge in [-0.25, -0.2) is 13.8 Å². The van der Waals surface area contributed by atoms with Crippen LogP contribution in [-0.2, 0) is 17.8 Å². The molecule has 148 valence electrons. The van der Waals surface area contributed by atoms with E-state index in [9.17, 15) is 8.78 Å². The molecule has 1 aliphatic heterocycles. The second-order valence-corrected chi connectivity index (χ2v) is 6.55. The summed E-state index contributed by atoms with van der Waals surface area (Å²) in [5.41, 5.74) is 8.70. The maximum atomic E-state index is 13.2. The van der Waals surface area contributed by atoms with Crippen molar-refractivity contribution in [3.05, 3.63) is 89.4 Å². The number of nitrogens with two attached hydrogens (primary N) is 1. The highest BCUT2D eigenvalue weighted by Gasteiger charge is 2.13. The fourth-order valence-electron chi connectivity index (χ4n) is 2.95. The molecule has 0 saturated carbocycles. The molecule has 2 aromatic heterocycles. The largest absolute Gasteiger partial charge is 0.383 e. The summed E-state index contributed by atoms with van der Waals surface area (Å²) < 4.78 is 37.4. The highest BCUT2D eigenvalue weighted by molar-refractivity contribution is 5.69. The lowest BCUT2D eigenvalue weighted by Crippen LogP contribution is -2.28. The second kappa shape index (κ2) is 8.24. The van der Waals surface area contributed by atoms with Gasteiger partial charge < -0.3 is 20.3 Å². The van der Waals surface area contributed by atoms with Gasteiger partial charge in [0.05, 0.1) is 17.9 Å². The van der Waals surface area contributed by atoms with Crippen molar-refractivity contribution in [3.8, 4) is 11.3 Å². The van der Waals surface area contributed by atoms with Crippen LogP contribution in [0.3, 0.4) is 0 Å². The number of benzene rings is 1. The maximum absolute atomic E-state index is 13.2. The summed E-state index contributed by atoms with van der Waals surface area (Å²) >= 11 is 0. The first kappa shape index (κ1) is 18.8. The minimum atomic E-state index is -0.627. The third kappa shape index (κ3) is 4.67. The quantitative estimate of drug-likeness (QED) is 0.660. The Morgan fingerprint density at radius 1 is 1.17 bits per heavy atom. The molecule has 29 heavy (non-hydrogen) atoms. The van der Waals surface area contributed by atoms with Crippen LogP contribution in [0.4, 0.5) is 14.6 Å². The molecule has 0 amide bonds. The molecule has 0 spiro atoms. The van der Waals surface area contributed by atoms with Gasteiger partial charge in [0.15, 0.2) is 5.76 Å². The van der Waals surface area contributed by atoms with Crippen LogP contribution in [0.5, 0.6) is 0 Å². The monoisotopic (exact) mass is 396 g/mol. The Bertz CT molecular complexity index is 1060. The van der Waals surface area contributed by atoms with Crippen LogP contribution >= 0.6 is 0 Å². The van der Waals surface area contributed by atoms with E-state index in [2.05, 4.69) is 15.5 Å². The first-order valence-corrected chi connectivity index (χ1v) is 8.93. The molecule has 1 aliphatic rings. The number of allylic oxidation sites excluding steroid dienone is 2. The average Bonchev–Trinajstić information content (AvgIpc) is 3.15. The number of dihydropyridines is 1. The van der Waals surface area contributed by atoms with Crippen LogP contribution in [0.1, 0.15) is 11.3 Å². The van der Waals surface area contributed by atoms with E-state index in [1.54, 1.807) is 12.3 Å². The summed E-state index contributed by atoms with van der Waals surface area (Å²) in [5.74, 6) is -0.315. The van der Waals surface area contributed by atoms with E-state index in [1.807, 2.05) is 30.5 Å². The molecule has 3 N–H and O–H groups in total. The molecular weight excluding hydrogens is 378 g/mol. The summed E-state index contributed by atoms with van der Waals surface area (Å²) in [7, 11) is 0. The van der Waals surface area contributed by atoms with Crippen molar-refractivity contribution in [3.63, 3.8) is 0 Å². The molecular formula is C21H18F2N4O2. The van der Waals surface area contributed by atoms with Gasteiger partial charge in [-0.05, 0) is 41.5 Å². The van der Waals surface area contributed by atoms with Gasteiger partial charge in [0.1, 0.15) is 23.7 Å². The normalized spacial score (nSPS) is 15.8. The fourth-order valence-corrected chi connectivity index (χ4v) is 2.95. The number of pyridine rings is 1. The van der Waals surface area contributed by atoms with Crippen molar-refractivity contribution in [2.24, 2.45) is 0 Å². The molecule has 1 aromatic carbocycles. The lowest BCUT2D eigenvalue weighted by molar-refractivity contribution is 0.0575. The standard InChI is InChI=1S/C21H18F2N4O2/c22-15-6-14(7-16(23)9-15)12-28-20-4-3-13(11-26-20)8-17-10-19(29-27-17)18-2-1-5-25-21(18)24/h1-7,9-11,20,26H,8,12H2,(H2,24,25). The van der Waals surface area contributed by atoms with Crippen molar-refractivity contribution >= 4 is 5.82 Å². The van der Waals surface area contributed by atoms with Gasteiger partial charge in [-0.3, -0.25) is 0 Å². The van der Waals surface area contributed by atoms with Crippen molar-refractivity contribution in [1.29, 1.82) is 0 Å². The summed E-state index contributed by atoms with van der Waals surface area (Å²) in [4.78, 5) is 4.04. The minimum Gasteiger partial charge on any atom is -0.383 e. The van der Waals surface area contributed by atoms with E-state index in [1.165, 1.54) is 12.1 Å². The number of anilines is 1. The molecule has 1 atom stereocenters. The van der Waals surface area contributed by atoms with Crippen molar-refractivity contribution in [2.45, 2.75) is 19.3 Å². The Morgan fingerprint density at radius 2 is 2.00 bits per heavy atom. The molecule has 0 fully saturated rings. The molecule has 6 nitrogen and oxygen atoms in total. The predicted molar refractivity (Wildman–Crippen MR) is 103 cm³/mol. The number of halogens is 2. The Balaban J connectivity index is 1.33. The van der Waals surface area contributed by atoms with Gasteiger partial charge >= 0.3 is 0 Å². The van der Waals surface area contributed by atoms with Gasteiger partial charge in [-0.1, -0.05) is 11.2 Å². The molecule has 3 heterocycles. The van der Waals surface area contributed by atoms with Crippen molar-refractivity contribution < 1.29 is 18.0 Å². The number of nitrogen functional groups attached to an aromatic ring is 1. The van der Waals surface area contributed by atoms with E-state index in [0.717, 1.165) is 17.3 Å². The molecule has 3 aromatic rings. The highest BCUT2D eigenvalue weighted by atomic mass is 19.1. The summed E-state index contributed by atoms with van der Waals surface area (Å²) in [6, 6.07) is 8.74. The first-order chi connectivity index (χ1) is 14.1. The smallest absolute Gasteiger partial charge is 0.170 e. The summed E-state index contributed by atoms with van der Waals surface area (Å²) in [6.07, 6.45) is 7.31. The average molecular weight is 396 g/mol. The van der Waals surface area contributed by atoms with Crippen LogP contribution in [0.25, 0.3) is 11.3 Å². The molecule has 0 aliphatic carbocycles. The fraction of sp³-hybridized carbons (Fsp3) is 0.143. The van der Waals surface area contributed by atoms with E-state index in [0.29, 0.717) is 29.1 Å². The number of hydrogen-bond acceptors (Lipinski definition) is 6. The zero-order valence-electron chi connectivity index (χ0n) is 15.3. The number of nitrogens with zero attached hydrogens (tertiary/aromatic N) is 2. The van der Waals surface area contributed by atoms with E-state index < -0.39 is 17.9 Å². The van der Waals surface area contributed by atoms with E-state index in [4.69, 9.17) is 15.0 Å². The number of rotatable bonds is 6. The van der Waals surface area contributed by atoms with Crippen LogP contribution in [0, 0.1) is 11.6 Å². The van der Waals surface area contributed by atoms with Crippen molar-refractivity contribution in [1.82, 2.24) is 15.5 Å². The first-order valence-electron chi connectivity index (χ1n) is 8.93. The zero-order valence-corrected chi connectivity index (χ0v) is 15.3. The molecule has 0 bridgehead atoms. The number of hydrogen-bond donors (Lipinski definition) is 2. The van der Waals surface area contributed by atoms with Crippen LogP contribution in [0.2, 0.25) is 0 Å². The summed E-state index contributed by atoms with van der Waals surface area (Å²) in [5, 5.41) is 7.17. The highest BCUT2D eigenvalue weighted by Crippen LogP contribution is 2.25. The lowest BCUT2D eigenvalue weighted by atomic mass is 10.1. The van der Waals surface area contributed by atoms with Gasteiger partial charge in [-0.15, -0.1) is 0 Å². The predicted octanol–water partition coefficient (Wildman–Crippen LogP) is 3.73. The topological polar surface area (TPSA) is 86.2 Å². The SMILES string of the molecule is Nc1ncccc1-c1cc(CC2=CNC(OCc3cc(F)cc(F)c3)C=C2)no1. The third-order valence-corrected chi connectivity index (χ3v) is 4.32. The molecule has 0 saturated heterocycles. The molecule has 1 unspecified atom stereocenters. The second-order valence-electron chi connectivity index (χ2n) is 6.55.